The van der Waals surface area contributed by atoms with E-state index in [0.717, 1.165) is 9.52 Å². The van der Waals surface area contributed by atoms with Crippen molar-refractivity contribution >= 4 is 31.1 Å². The number of fused-ring (bicyclic) bond motifs is 2. The second-order valence-corrected chi connectivity index (χ2v) is 11.7. The fraction of sp³-hybridized carbons (Fsp3) is 0.294. The van der Waals surface area contributed by atoms with Crippen molar-refractivity contribution in [3.05, 3.63) is 108 Å². The zero-order chi connectivity index (χ0) is 25.6. The molecule has 0 aliphatic heterocycles. The minimum Gasteiger partial charge on any atom is -0.165 e. The molecule has 0 bridgehead atoms. The summed E-state index contributed by atoms with van der Waals surface area (Å²) in [4.78, 5) is 0. The molecule has 184 valence electrons. The van der Waals surface area contributed by atoms with E-state index < -0.39 is 0 Å². The van der Waals surface area contributed by atoms with Gasteiger partial charge in [-0.2, -0.15) is 12.1 Å². The molecular weight excluding hydrogens is 528 g/mol. The molecule has 0 amide bonds. The third-order valence-electron chi connectivity index (χ3n) is 6.26. The third-order valence-corrected chi connectivity index (χ3v) is 6.26. The van der Waals surface area contributed by atoms with Crippen LogP contribution in [0.1, 0.15) is 57.2 Å². The Morgan fingerprint density at radius 3 is 1.94 bits per heavy atom. The van der Waals surface area contributed by atoms with Gasteiger partial charge in [0.05, 0.1) is 0 Å². The van der Waals surface area contributed by atoms with E-state index in [-0.39, 0.29) is 31.6 Å². The third kappa shape index (κ3) is 7.74. The number of hydrogen-bond acceptors (Lipinski definition) is 0. The molecule has 36 heavy (non-hydrogen) atoms. The second kappa shape index (κ2) is 13.5. The first-order valence-corrected chi connectivity index (χ1v) is 14.6. The van der Waals surface area contributed by atoms with E-state index in [1.54, 1.807) is 0 Å². The normalized spacial score (nSPS) is 10.9. The van der Waals surface area contributed by atoms with Crippen LogP contribution >= 0.6 is 0 Å². The van der Waals surface area contributed by atoms with Crippen molar-refractivity contribution in [3.63, 3.8) is 0 Å². The minimum absolute atomic E-state index is 0. The summed E-state index contributed by atoms with van der Waals surface area (Å²) in [7, 11) is 1.08. The summed E-state index contributed by atoms with van der Waals surface area (Å²) in [5.41, 5.74) is 7.00. The minimum atomic E-state index is 0. The first-order valence-electron chi connectivity index (χ1n) is 12.6. The molecule has 0 saturated carbocycles. The van der Waals surface area contributed by atoms with Crippen molar-refractivity contribution in [1.29, 1.82) is 0 Å². The first-order chi connectivity index (χ1) is 16.6. The van der Waals surface area contributed by atoms with Crippen LogP contribution < -0.4 is 0 Å². The van der Waals surface area contributed by atoms with Gasteiger partial charge in [-0.25, -0.2) is 0 Å². The van der Waals surface area contributed by atoms with Crippen molar-refractivity contribution in [2.24, 2.45) is 0 Å². The second-order valence-electron chi connectivity index (χ2n) is 10.7. The Bertz CT molecular complexity index is 1310. The Morgan fingerprint density at radius 1 is 0.750 bits per heavy atom. The summed E-state index contributed by atoms with van der Waals surface area (Å²) < 4.78 is 0. The van der Waals surface area contributed by atoms with Gasteiger partial charge in [-0.1, -0.05) is 96.6 Å². The topological polar surface area (TPSA) is 0 Å². The van der Waals surface area contributed by atoms with Crippen LogP contribution in [0, 0.1) is 6.92 Å². The maximum Gasteiger partial charge on any atom is 2.00 e. The number of aryl methyl sites for hydroxylation is 1. The van der Waals surface area contributed by atoms with E-state index in [9.17, 15) is 0 Å². The summed E-state index contributed by atoms with van der Waals surface area (Å²) in [5.74, 6) is 0.573. The van der Waals surface area contributed by atoms with Crippen LogP contribution in [0.4, 0.5) is 0 Å². The molecule has 0 aliphatic rings. The Labute approximate surface area is 240 Å². The molecule has 0 fully saturated rings. The van der Waals surface area contributed by atoms with Crippen molar-refractivity contribution in [3.8, 4) is 11.1 Å². The SMILES string of the molecule is CC(C)c1cc2c(-c3ccc(C(C)(C)C)cc3)cccc2[cH-]1.C[Si]C.Cc1cc2ccccc2[cH-]1.[Zr+2]. The predicted octanol–water partition coefficient (Wildman–Crippen LogP) is 10.3. The van der Waals surface area contributed by atoms with Gasteiger partial charge < -0.3 is 0 Å². The molecule has 0 N–H and O–H groups in total. The largest absolute Gasteiger partial charge is 2.00 e. The average molecular weight is 568 g/mol. The Balaban J connectivity index is 0.000000271. The van der Waals surface area contributed by atoms with Crippen LogP contribution in [0.5, 0.6) is 0 Å². The van der Waals surface area contributed by atoms with E-state index in [2.05, 4.69) is 146 Å². The molecule has 5 aromatic carbocycles. The molecule has 2 heteroatoms. The quantitative estimate of drug-likeness (QED) is 0.147. The number of hydrogen-bond donors (Lipinski definition) is 0. The van der Waals surface area contributed by atoms with Gasteiger partial charge in [-0.15, -0.1) is 75.1 Å². The summed E-state index contributed by atoms with van der Waals surface area (Å²) in [6.07, 6.45) is 0. The molecule has 0 aromatic heterocycles. The predicted molar refractivity (Wildman–Crippen MR) is 160 cm³/mol. The summed E-state index contributed by atoms with van der Waals surface area (Å²) in [5, 5.41) is 5.41. The summed E-state index contributed by atoms with van der Waals surface area (Å²) >= 11 is 0. The van der Waals surface area contributed by atoms with Crippen molar-refractivity contribution in [2.45, 2.75) is 66.0 Å². The maximum atomic E-state index is 2.35. The molecule has 0 unspecified atom stereocenters. The van der Waals surface area contributed by atoms with Crippen LogP contribution in [0.2, 0.25) is 13.1 Å². The number of rotatable bonds is 2. The Morgan fingerprint density at radius 2 is 1.36 bits per heavy atom. The summed E-state index contributed by atoms with van der Waals surface area (Å²) in [6.45, 7) is 17.7. The Kier molecular flexibility index (Phi) is 11.3. The van der Waals surface area contributed by atoms with Gasteiger partial charge in [-0.05, 0) is 22.5 Å². The van der Waals surface area contributed by atoms with Gasteiger partial charge in [0.1, 0.15) is 0 Å². The average Bonchev–Trinajstić information content (AvgIpc) is 3.42. The van der Waals surface area contributed by atoms with E-state index in [1.807, 2.05) is 0 Å². The first kappa shape index (κ1) is 30.2. The van der Waals surface area contributed by atoms with Gasteiger partial charge in [0.2, 0.25) is 0 Å². The Hall–Kier alpha value is -2.02. The monoisotopic (exact) mass is 566 g/mol. The van der Waals surface area contributed by atoms with Gasteiger partial charge in [-0.3, -0.25) is 0 Å². The van der Waals surface area contributed by atoms with E-state index in [4.69, 9.17) is 0 Å². The molecule has 0 heterocycles. The molecular formula is C34H40SiZr. The maximum absolute atomic E-state index is 2.35. The van der Waals surface area contributed by atoms with Crippen LogP contribution in [-0.2, 0) is 31.6 Å². The molecule has 5 rings (SSSR count). The summed E-state index contributed by atoms with van der Waals surface area (Å²) in [6, 6.07) is 33.2. The van der Waals surface area contributed by atoms with Crippen molar-refractivity contribution in [1.82, 2.24) is 0 Å². The van der Waals surface area contributed by atoms with Crippen molar-refractivity contribution < 1.29 is 26.2 Å². The molecule has 0 atom stereocenters. The van der Waals surface area contributed by atoms with E-state index >= 15 is 0 Å². The zero-order valence-corrected chi connectivity index (χ0v) is 26.7. The fourth-order valence-corrected chi connectivity index (χ4v) is 4.30. The van der Waals surface area contributed by atoms with Crippen LogP contribution in [0.25, 0.3) is 32.7 Å². The molecule has 0 saturated heterocycles. The fourth-order valence-electron chi connectivity index (χ4n) is 4.30. The molecule has 0 spiro atoms. The van der Waals surface area contributed by atoms with E-state index in [1.165, 1.54) is 49.4 Å². The zero-order valence-electron chi connectivity index (χ0n) is 23.2. The van der Waals surface area contributed by atoms with Crippen LogP contribution in [0.3, 0.4) is 0 Å². The van der Waals surface area contributed by atoms with Crippen LogP contribution in [-0.4, -0.2) is 9.52 Å². The molecule has 2 radical (unpaired) electrons. The molecule has 0 nitrogen and oxygen atoms in total. The van der Waals surface area contributed by atoms with Gasteiger partial charge in [0.15, 0.2) is 0 Å². The molecule has 0 aliphatic carbocycles. The standard InChI is InChI=1S/C22H25.C10H9.C2H6Si.Zr/c1-15(2)18-13-17-7-6-8-20(21(17)14-18)16-9-11-19(12-10-16)22(3,4)5;1-8-6-9-4-2-3-5-10(9)7-8;1-3-2;/h6-15H,1-5H3;2-7H,1H3;1-2H3;/q2*-1;;+2. The smallest absolute Gasteiger partial charge is 0.165 e. The van der Waals surface area contributed by atoms with Gasteiger partial charge in [0, 0.05) is 9.52 Å². The van der Waals surface area contributed by atoms with Crippen LogP contribution in [0.15, 0.2) is 91.0 Å². The number of benzene rings is 3. The van der Waals surface area contributed by atoms with Gasteiger partial charge in [0.25, 0.3) is 0 Å². The van der Waals surface area contributed by atoms with Gasteiger partial charge >= 0.3 is 26.2 Å². The van der Waals surface area contributed by atoms with E-state index in [0.29, 0.717) is 5.92 Å². The van der Waals surface area contributed by atoms with Crippen molar-refractivity contribution in [2.75, 3.05) is 0 Å². The molecule has 5 aromatic rings.